The van der Waals surface area contributed by atoms with Gasteiger partial charge in [0.25, 0.3) is 0 Å². The number of rotatable bonds is 3. The van der Waals surface area contributed by atoms with Gasteiger partial charge in [0.1, 0.15) is 11.9 Å². The van der Waals surface area contributed by atoms with Crippen LogP contribution in [0.4, 0.5) is 10.5 Å². The van der Waals surface area contributed by atoms with Crippen LogP contribution in [-0.4, -0.2) is 18.0 Å². The lowest BCUT2D eigenvalue weighted by molar-refractivity contribution is 0.0635. The van der Waals surface area contributed by atoms with E-state index >= 15 is 0 Å². The molecule has 4 heteroatoms. The van der Waals surface area contributed by atoms with Gasteiger partial charge in [0.2, 0.25) is 0 Å². The van der Waals surface area contributed by atoms with Crippen molar-refractivity contribution >= 4 is 18.1 Å². The number of carbonyl (C=O) groups is 2. The number of carbonyl (C=O) groups excluding carboxylic acids is 2. The standard InChI is InChI=1S/C14H19NO3/c1-5-10-6-11(9-16)8-12(7-10)15-13(17)18-14(2,3)4/h6-9H,5H2,1-4H3,(H,15,17). The van der Waals surface area contributed by atoms with Crippen molar-refractivity contribution in [3.8, 4) is 0 Å². The van der Waals surface area contributed by atoms with Crippen LogP contribution in [-0.2, 0) is 11.2 Å². The molecule has 0 aliphatic carbocycles. The molecule has 0 aromatic heterocycles. The van der Waals surface area contributed by atoms with E-state index < -0.39 is 11.7 Å². The Balaban J connectivity index is 2.84. The average molecular weight is 249 g/mol. The second-order valence-electron chi connectivity index (χ2n) is 5.06. The van der Waals surface area contributed by atoms with Gasteiger partial charge in [0.05, 0.1) is 0 Å². The van der Waals surface area contributed by atoms with Crippen molar-refractivity contribution in [1.29, 1.82) is 0 Å². The molecule has 0 saturated heterocycles. The summed E-state index contributed by atoms with van der Waals surface area (Å²) < 4.78 is 5.15. The highest BCUT2D eigenvalue weighted by molar-refractivity contribution is 5.87. The molecule has 0 saturated carbocycles. The van der Waals surface area contributed by atoms with E-state index in [9.17, 15) is 9.59 Å². The van der Waals surface area contributed by atoms with E-state index in [2.05, 4.69) is 5.32 Å². The van der Waals surface area contributed by atoms with Crippen molar-refractivity contribution in [3.05, 3.63) is 29.3 Å². The molecule has 0 radical (unpaired) electrons. The van der Waals surface area contributed by atoms with Crippen LogP contribution in [0.15, 0.2) is 18.2 Å². The van der Waals surface area contributed by atoms with Gasteiger partial charge < -0.3 is 4.74 Å². The summed E-state index contributed by atoms with van der Waals surface area (Å²) in [6.07, 6.45) is 1.04. The smallest absolute Gasteiger partial charge is 0.412 e. The molecule has 1 amide bonds. The quantitative estimate of drug-likeness (QED) is 0.835. The van der Waals surface area contributed by atoms with Crippen LogP contribution in [0.1, 0.15) is 43.6 Å². The monoisotopic (exact) mass is 249 g/mol. The number of benzene rings is 1. The fourth-order valence-corrected chi connectivity index (χ4v) is 1.48. The van der Waals surface area contributed by atoms with Gasteiger partial charge in [0.15, 0.2) is 0 Å². The van der Waals surface area contributed by atoms with Crippen molar-refractivity contribution < 1.29 is 14.3 Å². The van der Waals surface area contributed by atoms with Crippen molar-refractivity contribution in [1.82, 2.24) is 0 Å². The summed E-state index contributed by atoms with van der Waals surface area (Å²) in [5, 5.41) is 2.63. The summed E-state index contributed by atoms with van der Waals surface area (Å²) in [4.78, 5) is 22.4. The summed E-state index contributed by atoms with van der Waals surface area (Å²) in [5.74, 6) is 0. The van der Waals surface area contributed by atoms with Crippen molar-refractivity contribution in [2.45, 2.75) is 39.7 Å². The highest BCUT2D eigenvalue weighted by Crippen LogP contribution is 2.16. The number of anilines is 1. The Hall–Kier alpha value is -1.84. The lowest BCUT2D eigenvalue weighted by Crippen LogP contribution is -2.27. The van der Waals surface area contributed by atoms with Gasteiger partial charge in [-0.1, -0.05) is 6.92 Å². The Morgan fingerprint density at radius 3 is 2.50 bits per heavy atom. The van der Waals surface area contributed by atoms with Crippen LogP contribution in [0.3, 0.4) is 0 Å². The second-order valence-corrected chi connectivity index (χ2v) is 5.06. The van der Waals surface area contributed by atoms with E-state index in [1.807, 2.05) is 13.0 Å². The van der Waals surface area contributed by atoms with Crippen LogP contribution in [0.2, 0.25) is 0 Å². The Kier molecular flexibility index (Phi) is 4.48. The lowest BCUT2D eigenvalue weighted by atomic mass is 10.1. The molecule has 0 atom stereocenters. The minimum absolute atomic E-state index is 0.521. The lowest BCUT2D eigenvalue weighted by Gasteiger charge is -2.19. The summed E-state index contributed by atoms with van der Waals surface area (Å²) in [5.41, 5.74) is 1.57. The molecule has 0 spiro atoms. The van der Waals surface area contributed by atoms with Crippen LogP contribution in [0.5, 0.6) is 0 Å². The SMILES string of the molecule is CCc1cc(C=O)cc(NC(=O)OC(C)(C)C)c1. The largest absolute Gasteiger partial charge is 0.444 e. The number of amides is 1. The average Bonchev–Trinajstić information content (AvgIpc) is 2.25. The Labute approximate surface area is 107 Å². The molecule has 0 bridgehead atoms. The first kappa shape index (κ1) is 14.2. The van der Waals surface area contributed by atoms with Crippen LogP contribution in [0, 0.1) is 0 Å². The Morgan fingerprint density at radius 2 is 2.00 bits per heavy atom. The van der Waals surface area contributed by atoms with E-state index in [1.54, 1.807) is 32.9 Å². The van der Waals surface area contributed by atoms with Crippen molar-refractivity contribution in [2.75, 3.05) is 5.32 Å². The third kappa shape index (κ3) is 4.57. The van der Waals surface area contributed by atoms with E-state index in [4.69, 9.17) is 4.74 Å². The summed E-state index contributed by atoms with van der Waals surface area (Å²) >= 11 is 0. The van der Waals surface area contributed by atoms with Crippen molar-refractivity contribution in [2.24, 2.45) is 0 Å². The van der Waals surface area contributed by atoms with Crippen molar-refractivity contribution in [3.63, 3.8) is 0 Å². The molecule has 4 nitrogen and oxygen atoms in total. The van der Waals surface area contributed by atoms with E-state index in [-0.39, 0.29) is 0 Å². The van der Waals surface area contributed by atoms with Gasteiger partial charge in [-0.15, -0.1) is 0 Å². The number of nitrogens with one attached hydrogen (secondary N) is 1. The fraction of sp³-hybridized carbons (Fsp3) is 0.429. The first-order valence-electron chi connectivity index (χ1n) is 5.93. The highest BCUT2D eigenvalue weighted by atomic mass is 16.6. The first-order valence-corrected chi connectivity index (χ1v) is 5.93. The van der Waals surface area contributed by atoms with E-state index in [0.717, 1.165) is 18.3 Å². The van der Waals surface area contributed by atoms with Gasteiger partial charge >= 0.3 is 6.09 Å². The molecule has 1 N–H and O–H groups in total. The third-order valence-corrected chi connectivity index (χ3v) is 2.20. The molecular formula is C14H19NO3. The minimum atomic E-state index is -0.542. The maximum atomic E-state index is 11.6. The highest BCUT2D eigenvalue weighted by Gasteiger charge is 2.16. The number of hydrogen-bond donors (Lipinski definition) is 1. The number of hydrogen-bond acceptors (Lipinski definition) is 3. The summed E-state index contributed by atoms with van der Waals surface area (Å²) in [6, 6.07) is 5.25. The molecule has 98 valence electrons. The summed E-state index contributed by atoms with van der Waals surface area (Å²) in [7, 11) is 0. The first-order chi connectivity index (χ1) is 8.34. The number of aldehydes is 1. The molecule has 1 aromatic rings. The maximum Gasteiger partial charge on any atom is 0.412 e. The molecule has 0 unspecified atom stereocenters. The second kappa shape index (κ2) is 5.67. The minimum Gasteiger partial charge on any atom is -0.444 e. The van der Waals surface area contributed by atoms with Gasteiger partial charge in [-0.3, -0.25) is 10.1 Å². The van der Waals surface area contributed by atoms with Gasteiger partial charge in [0, 0.05) is 11.3 Å². The van der Waals surface area contributed by atoms with Crippen LogP contribution < -0.4 is 5.32 Å². The Morgan fingerprint density at radius 1 is 1.33 bits per heavy atom. The normalized spacial score (nSPS) is 10.9. The molecule has 0 heterocycles. The molecule has 0 aliphatic heterocycles. The van der Waals surface area contributed by atoms with E-state index in [1.165, 1.54) is 0 Å². The number of aryl methyl sites for hydroxylation is 1. The maximum absolute atomic E-state index is 11.6. The van der Waals surface area contributed by atoms with Gasteiger partial charge in [-0.2, -0.15) is 0 Å². The zero-order chi connectivity index (χ0) is 13.8. The summed E-state index contributed by atoms with van der Waals surface area (Å²) in [6.45, 7) is 7.38. The molecule has 18 heavy (non-hydrogen) atoms. The van der Waals surface area contributed by atoms with Crippen LogP contribution in [0.25, 0.3) is 0 Å². The predicted octanol–water partition coefficient (Wildman–Crippen LogP) is 3.41. The molecule has 1 rings (SSSR count). The molecular weight excluding hydrogens is 230 g/mol. The zero-order valence-corrected chi connectivity index (χ0v) is 11.2. The van der Waals surface area contributed by atoms with Gasteiger partial charge in [-0.25, -0.2) is 4.79 Å². The van der Waals surface area contributed by atoms with Gasteiger partial charge in [-0.05, 0) is 51.0 Å². The van der Waals surface area contributed by atoms with E-state index in [0.29, 0.717) is 11.3 Å². The predicted molar refractivity (Wildman–Crippen MR) is 71.1 cm³/mol. The van der Waals surface area contributed by atoms with Crippen LogP contribution >= 0.6 is 0 Å². The topological polar surface area (TPSA) is 55.4 Å². The fourth-order valence-electron chi connectivity index (χ4n) is 1.48. The molecule has 1 aromatic carbocycles. The third-order valence-electron chi connectivity index (χ3n) is 2.20. The zero-order valence-electron chi connectivity index (χ0n) is 11.2. The molecule has 0 fully saturated rings. The Bertz CT molecular complexity index is 447. The number of ether oxygens (including phenoxy) is 1. The molecule has 0 aliphatic rings.